The summed E-state index contributed by atoms with van der Waals surface area (Å²) in [6.45, 7) is 6.59. The van der Waals surface area contributed by atoms with Crippen LogP contribution in [0.25, 0.3) is 10.2 Å². The molecule has 2 aromatic rings. The molecule has 1 fully saturated rings. The van der Waals surface area contributed by atoms with Crippen LogP contribution in [0.1, 0.15) is 4.88 Å². The van der Waals surface area contributed by atoms with Gasteiger partial charge in [0.05, 0.1) is 24.9 Å². The van der Waals surface area contributed by atoms with Crippen molar-refractivity contribution in [2.24, 2.45) is 0 Å². The number of morpholine rings is 1. The van der Waals surface area contributed by atoms with Crippen molar-refractivity contribution in [1.82, 2.24) is 19.8 Å². The Morgan fingerprint density at radius 1 is 1.43 bits per heavy atom. The molecule has 23 heavy (non-hydrogen) atoms. The number of amides is 1. The van der Waals surface area contributed by atoms with Crippen molar-refractivity contribution in [3.8, 4) is 0 Å². The first kappa shape index (κ1) is 16.1. The van der Waals surface area contributed by atoms with Crippen LogP contribution in [0.15, 0.2) is 17.2 Å². The van der Waals surface area contributed by atoms with E-state index in [4.69, 9.17) is 4.74 Å². The molecule has 3 rings (SSSR count). The fourth-order valence-electron chi connectivity index (χ4n) is 2.58. The molecule has 1 aliphatic heterocycles. The van der Waals surface area contributed by atoms with E-state index in [1.807, 2.05) is 13.0 Å². The average Bonchev–Trinajstić information content (AvgIpc) is 2.93. The van der Waals surface area contributed by atoms with Gasteiger partial charge in [0, 0.05) is 31.1 Å². The number of fused-ring (bicyclic) bond motifs is 1. The van der Waals surface area contributed by atoms with Crippen molar-refractivity contribution in [2.45, 2.75) is 13.5 Å². The van der Waals surface area contributed by atoms with Gasteiger partial charge < -0.3 is 10.1 Å². The summed E-state index contributed by atoms with van der Waals surface area (Å²) in [7, 11) is 0. The first-order valence-electron chi connectivity index (χ1n) is 7.66. The van der Waals surface area contributed by atoms with Gasteiger partial charge in [-0.1, -0.05) is 0 Å². The van der Waals surface area contributed by atoms with E-state index in [9.17, 15) is 9.59 Å². The van der Waals surface area contributed by atoms with E-state index < -0.39 is 0 Å². The van der Waals surface area contributed by atoms with Crippen molar-refractivity contribution < 1.29 is 9.53 Å². The maximum absolute atomic E-state index is 12.3. The number of hydrogen-bond donors (Lipinski definition) is 1. The highest BCUT2D eigenvalue weighted by Crippen LogP contribution is 2.19. The van der Waals surface area contributed by atoms with Crippen molar-refractivity contribution in [1.29, 1.82) is 0 Å². The van der Waals surface area contributed by atoms with Gasteiger partial charge >= 0.3 is 0 Å². The van der Waals surface area contributed by atoms with E-state index in [1.54, 1.807) is 0 Å². The molecular weight excluding hydrogens is 316 g/mol. The fraction of sp³-hybridized carbons (Fsp3) is 0.533. The summed E-state index contributed by atoms with van der Waals surface area (Å²) in [6, 6.07) is 1.82. The lowest BCUT2D eigenvalue weighted by Gasteiger charge is -2.26. The molecule has 124 valence electrons. The zero-order valence-corrected chi connectivity index (χ0v) is 13.9. The van der Waals surface area contributed by atoms with Crippen LogP contribution in [0.5, 0.6) is 0 Å². The van der Waals surface area contributed by atoms with Gasteiger partial charge in [-0.25, -0.2) is 4.98 Å². The Balaban J connectivity index is 1.55. The Morgan fingerprint density at radius 2 is 2.22 bits per heavy atom. The molecule has 7 nitrogen and oxygen atoms in total. The summed E-state index contributed by atoms with van der Waals surface area (Å²) >= 11 is 1.48. The Hall–Kier alpha value is -1.77. The molecule has 1 N–H and O–H groups in total. The second kappa shape index (κ2) is 7.20. The molecule has 0 aromatic carbocycles. The molecular formula is C15H20N4O3S. The second-order valence-corrected chi connectivity index (χ2v) is 6.79. The molecule has 0 unspecified atom stereocenters. The minimum absolute atomic E-state index is 0.000220. The standard InChI is InChI=1S/C15H20N4O3S/c1-11-8-12-14(23-11)17-10-19(15(12)21)9-13(20)16-2-3-18-4-6-22-7-5-18/h8,10H,2-7,9H2,1H3,(H,16,20). The van der Waals surface area contributed by atoms with E-state index in [-0.39, 0.29) is 18.0 Å². The highest BCUT2D eigenvalue weighted by atomic mass is 32.1. The summed E-state index contributed by atoms with van der Waals surface area (Å²) in [5.74, 6) is -0.173. The van der Waals surface area contributed by atoms with Crippen LogP contribution in [0, 0.1) is 6.92 Å². The third-order valence-corrected chi connectivity index (χ3v) is 4.77. The van der Waals surface area contributed by atoms with Crippen LogP contribution < -0.4 is 10.9 Å². The van der Waals surface area contributed by atoms with Gasteiger partial charge in [0.2, 0.25) is 5.91 Å². The highest BCUT2D eigenvalue weighted by Gasteiger charge is 2.12. The number of ether oxygens (including phenoxy) is 1. The monoisotopic (exact) mass is 336 g/mol. The SMILES string of the molecule is Cc1cc2c(=O)n(CC(=O)NCCN3CCOCC3)cnc2s1. The molecule has 8 heteroatoms. The van der Waals surface area contributed by atoms with Crippen molar-refractivity contribution >= 4 is 27.5 Å². The summed E-state index contributed by atoms with van der Waals surface area (Å²) in [6.07, 6.45) is 1.45. The molecule has 0 spiro atoms. The molecule has 1 saturated heterocycles. The summed E-state index contributed by atoms with van der Waals surface area (Å²) in [5, 5.41) is 3.43. The lowest BCUT2D eigenvalue weighted by atomic mass is 10.3. The average molecular weight is 336 g/mol. The number of carbonyl (C=O) groups excluding carboxylic acids is 1. The zero-order valence-electron chi connectivity index (χ0n) is 13.1. The molecule has 0 saturated carbocycles. The summed E-state index contributed by atoms with van der Waals surface area (Å²) in [4.78, 5) is 32.6. The summed E-state index contributed by atoms with van der Waals surface area (Å²) < 4.78 is 6.64. The number of hydrogen-bond acceptors (Lipinski definition) is 6. The maximum atomic E-state index is 12.3. The molecule has 0 aliphatic carbocycles. The van der Waals surface area contributed by atoms with E-state index in [1.165, 1.54) is 22.2 Å². The molecule has 3 heterocycles. The number of carbonyl (C=O) groups is 1. The van der Waals surface area contributed by atoms with E-state index in [2.05, 4.69) is 15.2 Å². The second-order valence-electron chi connectivity index (χ2n) is 5.56. The third kappa shape index (κ3) is 3.95. The number of nitrogens with one attached hydrogen (secondary N) is 1. The molecule has 1 amide bonds. The predicted molar refractivity (Wildman–Crippen MR) is 88.9 cm³/mol. The van der Waals surface area contributed by atoms with E-state index in [0.29, 0.717) is 11.9 Å². The number of thiophene rings is 1. The largest absolute Gasteiger partial charge is 0.379 e. The number of aryl methyl sites for hydroxylation is 1. The van der Waals surface area contributed by atoms with Gasteiger partial charge in [-0.05, 0) is 13.0 Å². The van der Waals surface area contributed by atoms with Gasteiger partial charge in [0.1, 0.15) is 11.4 Å². The van der Waals surface area contributed by atoms with Gasteiger partial charge in [0.25, 0.3) is 5.56 Å². The van der Waals surface area contributed by atoms with Crippen LogP contribution in [-0.4, -0.2) is 59.8 Å². The van der Waals surface area contributed by atoms with Crippen LogP contribution >= 0.6 is 11.3 Å². The first-order valence-corrected chi connectivity index (χ1v) is 8.47. The lowest BCUT2D eigenvalue weighted by Crippen LogP contribution is -2.42. The minimum atomic E-state index is -0.173. The quantitative estimate of drug-likeness (QED) is 0.845. The Bertz CT molecular complexity index is 749. The Labute approximate surface area is 137 Å². The third-order valence-electron chi connectivity index (χ3n) is 3.81. The molecule has 0 radical (unpaired) electrons. The number of aromatic nitrogens is 2. The van der Waals surface area contributed by atoms with Crippen LogP contribution in [-0.2, 0) is 16.1 Å². The van der Waals surface area contributed by atoms with Gasteiger partial charge in [-0.2, -0.15) is 0 Å². The smallest absolute Gasteiger partial charge is 0.262 e. The molecule has 1 aliphatic rings. The molecule has 0 bridgehead atoms. The fourth-order valence-corrected chi connectivity index (χ4v) is 3.42. The lowest BCUT2D eigenvalue weighted by molar-refractivity contribution is -0.121. The van der Waals surface area contributed by atoms with Crippen LogP contribution in [0.3, 0.4) is 0 Å². The van der Waals surface area contributed by atoms with E-state index >= 15 is 0 Å². The van der Waals surface area contributed by atoms with Crippen molar-refractivity contribution in [2.75, 3.05) is 39.4 Å². The van der Waals surface area contributed by atoms with Crippen molar-refractivity contribution in [3.05, 3.63) is 27.6 Å². The predicted octanol–water partition coefficient (Wildman–Crippen LogP) is 0.215. The zero-order chi connectivity index (χ0) is 16.2. The van der Waals surface area contributed by atoms with Crippen LogP contribution in [0.4, 0.5) is 0 Å². The molecule has 2 aromatic heterocycles. The van der Waals surface area contributed by atoms with Gasteiger partial charge in [0.15, 0.2) is 0 Å². The first-order chi connectivity index (χ1) is 11.1. The number of rotatable bonds is 5. The Kier molecular flexibility index (Phi) is 5.04. The highest BCUT2D eigenvalue weighted by molar-refractivity contribution is 7.18. The van der Waals surface area contributed by atoms with Crippen molar-refractivity contribution in [3.63, 3.8) is 0 Å². The Morgan fingerprint density at radius 3 is 3.00 bits per heavy atom. The molecule has 0 atom stereocenters. The summed E-state index contributed by atoms with van der Waals surface area (Å²) in [5.41, 5.74) is -0.164. The minimum Gasteiger partial charge on any atom is -0.379 e. The topological polar surface area (TPSA) is 76.5 Å². The van der Waals surface area contributed by atoms with Gasteiger partial charge in [-0.3, -0.25) is 19.1 Å². The maximum Gasteiger partial charge on any atom is 0.262 e. The van der Waals surface area contributed by atoms with E-state index in [0.717, 1.165) is 42.6 Å². The number of nitrogens with zero attached hydrogens (tertiary/aromatic N) is 3. The normalized spacial score (nSPS) is 15.9. The van der Waals surface area contributed by atoms with Crippen LogP contribution in [0.2, 0.25) is 0 Å². The van der Waals surface area contributed by atoms with Gasteiger partial charge in [-0.15, -0.1) is 11.3 Å².